The third-order valence-electron chi connectivity index (χ3n) is 21.9. The Labute approximate surface area is 808 Å². The van der Waals surface area contributed by atoms with Gasteiger partial charge in [0.25, 0.3) is 0 Å². The van der Waals surface area contributed by atoms with Gasteiger partial charge in [-0.15, -0.1) is 0 Å². The fourth-order valence-electron chi connectivity index (χ4n) is 15.4. The predicted octanol–water partition coefficient (Wildman–Crippen LogP) is 28.5. The average molecular weight is 1880 g/mol. The summed E-state index contributed by atoms with van der Waals surface area (Å²) in [4.78, 5) is 83.0. The molecule has 0 bridgehead atoms. The smallest absolute Gasteiger partial charge is 0.226 e. The second-order valence-corrected chi connectivity index (χ2v) is 32.4. The van der Waals surface area contributed by atoms with Gasteiger partial charge in [-0.3, -0.25) is 19.9 Å². The van der Waals surface area contributed by atoms with Crippen LogP contribution < -0.4 is 0 Å². The van der Waals surface area contributed by atoms with E-state index in [-0.39, 0.29) is 26.4 Å². The molecule has 11 aromatic heterocycles. The van der Waals surface area contributed by atoms with E-state index in [1.807, 2.05) is 303 Å². The lowest BCUT2D eigenvalue weighted by atomic mass is 10.0. The van der Waals surface area contributed by atoms with E-state index in [4.69, 9.17) is 76.8 Å². The fourth-order valence-corrected chi connectivity index (χ4v) is 16.2. The number of fused-ring (bicyclic) bond motifs is 7. The monoisotopic (exact) mass is 1870 g/mol. The van der Waals surface area contributed by atoms with E-state index >= 15 is 0 Å². The van der Waals surface area contributed by atoms with E-state index in [2.05, 4.69) is 158 Å². The minimum absolute atomic E-state index is 0.142. The molecule has 0 N–H and O–H groups in total. The highest BCUT2D eigenvalue weighted by Crippen LogP contribution is 2.39. The summed E-state index contributed by atoms with van der Waals surface area (Å²) in [6.07, 6.45) is 10.3. The van der Waals surface area contributed by atoms with Crippen molar-refractivity contribution >= 4 is 113 Å². The van der Waals surface area contributed by atoms with Gasteiger partial charge in [-0.2, -0.15) is 49.8 Å². The number of para-hydroxylation sites is 3. The Hall–Kier alpha value is -17.2. The van der Waals surface area contributed by atoms with E-state index in [1.165, 1.54) is 5.39 Å². The minimum atomic E-state index is 0.142. The van der Waals surface area contributed by atoms with Gasteiger partial charge in [0.2, 0.25) is 26.4 Å². The number of hydrogen-bond acceptors (Lipinski definition) is 21. The summed E-state index contributed by atoms with van der Waals surface area (Å²) in [6, 6.07) is 123. The third-order valence-corrected chi connectivity index (χ3v) is 22.7. The zero-order chi connectivity index (χ0) is 92.8. The van der Waals surface area contributed by atoms with E-state index in [0.29, 0.717) is 58.2 Å². The third kappa shape index (κ3) is 20.7. The second-order valence-electron chi connectivity index (χ2n) is 30.7. The van der Waals surface area contributed by atoms with E-state index in [0.717, 1.165) is 150 Å². The number of aromatic nitrogens is 19. The average Bonchev–Trinajstić information content (AvgIpc) is 1.62. The summed E-state index contributed by atoms with van der Waals surface area (Å²) in [5, 5.41) is 7.25. The van der Waals surface area contributed by atoms with Gasteiger partial charge in [0.05, 0.1) is 17.0 Å². The van der Waals surface area contributed by atoms with Crippen molar-refractivity contribution in [2.45, 2.75) is 0 Å². The van der Waals surface area contributed by atoms with Gasteiger partial charge < -0.3 is 8.83 Å². The van der Waals surface area contributed by atoms with E-state index < -0.39 is 0 Å². The topological polar surface area (TPSA) is 271 Å². The van der Waals surface area contributed by atoms with Crippen molar-refractivity contribution in [3.8, 4) is 159 Å². The van der Waals surface area contributed by atoms with Gasteiger partial charge in [-0.25, -0.2) is 24.9 Å². The lowest BCUT2D eigenvalue weighted by Crippen LogP contribution is -1.97. The molecule has 137 heavy (non-hydrogen) atoms. The Kier molecular flexibility index (Phi) is 26.2. The number of benzene rings is 13. The van der Waals surface area contributed by atoms with Crippen LogP contribution in [0.3, 0.4) is 0 Å². The minimum Gasteiger partial charge on any atom is -0.456 e. The molecule has 0 fully saturated rings. The molecule has 0 unspecified atom stereocenters. The number of rotatable bonds is 14. The molecule has 0 amide bonds. The molecule has 0 aliphatic carbocycles. The van der Waals surface area contributed by atoms with Gasteiger partial charge >= 0.3 is 0 Å². The maximum Gasteiger partial charge on any atom is 0.226 e. The Morgan fingerprint density at radius 1 is 0.168 bits per heavy atom. The highest BCUT2D eigenvalue weighted by atomic mass is 35.5. The summed E-state index contributed by atoms with van der Waals surface area (Å²) < 4.78 is 12.0. The van der Waals surface area contributed by atoms with E-state index in [1.54, 1.807) is 37.2 Å². The van der Waals surface area contributed by atoms with Crippen molar-refractivity contribution in [2.24, 2.45) is 0 Å². The zero-order valence-corrected chi connectivity index (χ0v) is 75.7. The van der Waals surface area contributed by atoms with Gasteiger partial charge in [0.1, 0.15) is 22.3 Å². The summed E-state index contributed by atoms with van der Waals surface area (Å²) in [5.74, 6) is 5.28. The maximum atomic E-state index is 6.34. The summed E-state index contributed by atoms with van der Waals surface area (Å²) in [6.45, 7) is 0. The van der Waals surface area contributed by atoms with Crippen LogP contribution >= 0.6 is 58.0 Å². The molecule has 26 heteroatoms. The largest absolute Gasteiger partial charge is 0.456 e. The van der Waals surface area contributed by atoms with Crippen LogP contribution in [-0.4, -0.2) is 94.7 Å². The Bertz CT molecular complexity index is 8290. The van der Waals surface area contributed by atoms with Gasteiger partial charge in [0, 0.05) is 120 Å². The standard InChI is InChI=1S/C27H16ClN3O.C26H17ClN4.C24H15ClN4.C21H12ClN3O.C13H8ClN5/c28-27-30-25(19-11-6-10-18(16-19)17-8-2-1-3-9-17)29-26(31-27)22-14-7-13-21-20-12-4-5-15-23(20)32-24(21)22;27-26-30-24(21-12-6-10-19(16-21)18-8-2-1-3-9-18)29-25(31-26)22-13-7-11-20(17-22)23-14-4-5-15-28-23;25-24-28-22(19-9-5-8-18(15-19)21-10-3-4-13-26-21)27-23(29-24)20-12-11-16-6-1-2-7-17(16)14-20;22-21-24-19(13-6-2-1-3-7-13)23-20(25-21)14-10-11-18-16(12-14)15-8-4-5-9-17(15)26-18;14-13-18-11(9-1-5-15-6-2-9)17-12(19-13)10-3-7-16-8-4-10/h1-16H;1-17H;1-15H;1-12H;1-8H. The van der Waals surface area contributed by atoms with Crippen LogP contribution in [0.1, 0.15) is 0 Å². The molecule has 0 saturated carbocycles. The van der Waals surface area contributed by atoms with Crippen LogP contribution in [0.5, 0.6) is 0 Å². The highest BCUT2D eigenvalue weighted by molar-refractivity contribution is 6.30. The number of furan rings is 2. The van der Waals surface area contributed by atoms with Crippen LogP contribution in [0, 0.1) is 0 Å². The maximum absolute atomic E-state index is 6.34. The molecule has 0 saturated heterocycles. The molecule has 11 heterocycles. The number of halogens is 5. The van der Waals surface area contributed by atoms with Crippen molar-refractivity contribution in [3.05, 3.63) is 440 Å². The van der Waals surface area contributed by atoms with Gasteiger partial charge in [-0.05, 0) is 206 Å². The molecule has 21 nitrogen and oxygen atoms in total. The van der Waals surface area contributed by atoms with Crippen molar-refractivity contribution in [1.29, 1.82) is 0 Å². The summed E-state index contributed by atoms with van der Waals surface area (Å²) >= 11 is 31.0. The van der Waals surface area contributed by atoms with Gasteiger partial charge in [-0.1, -0.05) is 261 Å². The first kappa shape index (κ1) is 87.8. The molecule has 654 valence electrons. The van der Waals surface area contributed by atoms with Gasteiger partial charge in [0.15, 0.2) is 58.2 Å². The molecular weight excluding hydrogens is 1810 g/mol. The molecule has 24 rings (SSSR count). The fraction of sp³-hybridized carbons (Fsp3) is 0. The molecule has 0 spiro atoms. The van der Waals surface area contributed by atoms with E-state index in [9.17, 15) is 0 Å². The second kappa shape index (κ2) is 40.9. The summed E-state index contributed by atoms with van der Waals surface area (Å²) in [7, 11) is 0. The number of hydrogen-bond donors (Lipinski definition) is 0. The first-order chi connectivity index (χ1) is 67.4. The van der Waals surface area contributed by atoms with Crippen molar-refractivity contribution in [3.63, 3.8) is 0 Å². The van der Waals surface area contributed by atoms with Crippen molar-refractivity contribution in [1.82, 2.24) is 94.7 Å². The molecule has 24 aromatic rings. The summed E-state index contributed by atoms with van der Waals surface area (Å²) in [5.41, 5.74) is 20.0. The van der Waals surface area contributed by atoms with Crippen LogP contribution in [0.15, 0.2) is 422 Å². The molecule has 0 atom stereocenters. The molecule has 13 aromatic carbocycles. The first-order valence-electron chi connectivity index (χ1n) is 43.0. The zero-order valence-electron chi connectivity index (χ0n) is 72.0. The predicted molar refractivity (Wildman–Crippen MR) is 544 cm³/mol. The Morgan fingerprint density at radius 3 is 0.927 bits per heavy atom. The Morgan fingerprint density at radius 2 is 0.474 bits per heavy atom. The number of nitrogens with zero attached hydrogens (tertiary/aromatic N) is 19. The SMILES string of the molecule is Clc1nc(-c2cccc(-c3ccccc3)c2)nc(-c2cccc(-c3ccccn3)c2)n1.Clc1nc(-c2cccc(-c3ccccc3)c2)nc(-c2cccc3c2oc2ccccc23)n1.Clc1nc(-c2cccc(-c3ccccn3)c2)nc(-c2ccc3ccccc3c2)n1.Clc1nc(-c2ccccc2)nc(-c2ccc3oc4ccccc4c3c2)n1.Clc1nc(-c2ccncc2)nc(-c2ccncc2)n1. The lowest BCUT2D eigenvalue weighted by molar-refractivity contribution is 0.669. The quantitative estimate of drug-likeness (QED) is 0.0978. The van der Waals surface area contributed by atoms with Crippen LogP contribution in [0.4, 0.5) is 0 Å². The molecule has 0 aliphatic rings. The number of pyridine rings is 4. The first-order valence-corrected chi connectivity index (χ1v) is 44.9. The molecule has 0 aliphatic heterocycles. The lowest BCUT2D eigenvalue weighted by Gasteiger charge is -2.08. The van der Waals surface area contributed by atoms with Crippen LogP contribution in [0.2, 0.25) is 26.4 Å². The van der Waals surface area contributed by atoms with Crippen LogP contribution in [-0.2, 0) is 0 Å². The normalized spacial score (nSPS) is 11.0. The molecular formula is C111H68Cl5N19O2. The Balaban J connectivity index is 0.000000107. The van der Waals surface area contributed by atoms with Crippen molar-refractivity contribution in [2.75, 3.05) is 0 Å². The highest BCUT2D eigenvalue weighted by Gasteiger charge is 2.21. The molecule has 0 radical (unpaired) electrons. The van der Waals surface area contributed by atoms with Crippen LogP contribution in [0.25, 0.3) is 213 Å². The van der Waals surface area contributed by atoms with Crippen molar-refractivity contribution < 1.29 is 8.83 Å².